The highest BCUT2D eigenvalue weighted by Crippen LogP contribution is 2.28. The van der Waals surface area contributed by atoms with Crippen LogP contribution in [0.5, 0.6) is 0 Å². The van der Waals surface area contributed by atoms with Crippen LogP contribution in [0.4, 0.5) is 0 Å². The summed E-state index contributed by atoms with van der Waals surface area (Å²) in [5.74, 6) is -1.97. The van der Waals surface area contributed by atoms with Crippen LogP contribution in [-0.2, 0) is 16.1 Å². The average Bonchev–Trinajstić information content (AvgIpc) is 2.78. The first-order chi connectivity index (χ1) is 12.3. The Morgan fingerprint density at radius 1 is 1.23 bits per heavy atom. The van der Waals surface area contributed by atoms with E-state index in [0.29, 0.717) is 24.2 Å². The molecule has 138 valence electrons. The van der Waals surface area contributed by atoms with Crippen molar-refractivity contribution in [1.82, 2.24) is 15.1 Å². The Morgan fingerprint density at radius 2 is 1.92 bits per heavy atom. The summed E-state index contributed by atoms with van der Waals surface area (Å²) < 4.78 is 0. The molecule has 1 unspecified atom stereocenters. The van der Waals surface area contributed by atoms with Crippen LogP contribution >= 0.6 is 0 Å². The third-order valence-corrected chi connectivity index (χ3v) is 4.56. The van der Waals surface area contributed by atoms with E-state index in [1.807, 2.05) is 18.9 Å². The maximum atomic E-state index is 12.8. The maximum Gasteiger partial charge on any atom is 0.262 e. The first-order valence-electron chi connectivity index (χ1n) is 8.56. The summed E-state index contributed by atoms with van der Waals surface area (Å²) in [5.41, 5.74) is 7.27. The van der Waals surface area contributed by atoms with Crippen molar-refractivity contribution in [2.45, 2.75) is 38.4 Å². The van der Waals surface area contributed by atoms with Gasteiger partial charge in [-0.15, -0.1) is 0 Å². The third kappa shape index (κ3) is 3.38. The number of hydrogen-bond acceptors (Lipinski definition) is 6. The van der Waals surface area contributed by atoms with Crippen LogP contribution in [0.25, 0.3) is 0 Å². The fourth-order valence-electron chi connectivity index (χ4n) is 3.48. The van der Waals surface area contributed by atoms with E-state index in [1.54, 1.807) is 18.2 Å². The number of nitrogens with two attached hydrogens (primary N) is 1. The van der Waals surface area contributed by atoms with Gasteiger partial charge in [0.1, 0.15) is 6.04 Å². The van der Waals surface area contributed by atoms with Crippen LogP contribution < -0.4 is 11.1 Å². The van der Waals surface area contributed by atoms with Crippen LogP contribution in [0, 0.1) is 0 Å². The van der Waals surface area contributed by atoms with Crippen molar-refractivity contribution in [2.75, 3.05) is 13.6 Å². The van der Waals surface area contributed by atoms with E-state index in [1.165, 1.54) is 0 Å². The Balaban J connectivity index is 1.81. The Labute approximate surface area is 151 Å². The highest BCUT2D eigenvalue weighted by atomic mass is 16.2. The molecule has 1 aromatic rings. The van der Waals surface area contributed by atoms with Crippen molar-refractivity contribution in [3.63, 3.8) is 0 Å². The summed E-state index contributed by atoms with van der Waals surface area (Å²) in [6, 6.07) is 4.20. The molecule has 2 atom stereocenters. The third-order valence-electron chi connectivity index (χ3n) is 4.56. The highest BCUT2D eigenvalue weighted by Gasteiger charge is 2.44. The smallest absolute Gasteiger partial charge is 0.262 e. The molecular formula is C18H22N4O4. The van der Waals surface area contributed by atoms with Gasteiger partial charge in [-0.25, -0.2) is 0 Å². The second kappa shape index (κ2) is 6.97. The van der Waals surface area contributed by atoms with Crippen molar-refractivity contribution < 1.29 is 19.2 Å². The molecule has 1 saturated heterocycles. The first kappa shape index (κ1) is 18.2. The molecule has 4 amide bonds. The summed E-state index contributed by atoms with van der Waals surface area (Å²) >= 11 is 0. The molecule has 0 aliphatic carbocycles. The molecule has 3 N–H and O–H groups in total. The molecular weight excluding hydrogens is 336 g/mol. The number of amides is 4. The maximum absolute atomic E-state index is 12.8. The average molecular weight is 358 g/mol. The van der Waals surface area contributed by atoms with Crippen molar-refractivity contribution in [3.05, 3.63) is 34.9 Å². The lowest BCUT2D eigenvalue weighted by atomic mass is 10.0. The molecule has 0 aromatic heterocycles. The Morgan fingerprint density at radius 3 is 2.58 bits per heavy atom. The topological polar surface area (TPSA) is 113 Å². The number of fused-ring (bicyclic) bond motifs is 1. The molecule has 2 heterocycles. The molecule has 0 saturated carbocycles. The van der Waals surface area contributed by atoms with E-state index in [9.17, 15) is 19.2 Å². The Bertz CT molecular complexity index is 789. The summed E-state index contributed by atoms with van der Waals surface area (Å²) in [7, 11) is 1.93. The number of benzene rings is 1. The Kier molecular flexibility index (Phi) is 4.88. The number of hydrogen-bond donors (Lipinski definition) is 2. The van der Waals surface area contributed by atoms with Crippen LogP contribution in [0.2, 0.25) is 0 Å². The number of rotatable bonds is 5. The largest absolute Gasteiger partial charge is 0.327 e. The standard InChI is InChI=1S/C18H22N4O4/c1-10(19)8-21(2)9-11-3-4-12-13(7-11)18(26)22(17(12)25)14-5-6-15(23)20-16(14)24/h3-4,7,10,14H,5-6,8-9,19H2,1-2H3,(H,20,23,24)/t10-,14?/m0/s1. The number of nitrogens with one attached hydrogen (secondary N) is 1. The van der Waals surface area contributed by atoms with Crippen molar-refractivity contribution in [1.29, 1.82) is 0 Å². The van der Waals surface area contributed by atoms with E-state index in [0.717, 1.165) is 10.5 Å². The molecule has 2 aliphatic rings. The molecule has 1 fully saturated rings. The second-order valence-corrected chi connectivity index (χ2v) is 7.00. The van der Waals surface area contributed by atoms with Gasteiger partial charge in [0.05, 0.1) is 11.1 Å². The summed E-state index contributed by atoms with van der Waals surface area (Å²) in [4.78, 5) is 51.7. The zero-order chi connectivity index (χ0) is 19.0. The lowest BCUT2D eigenvalue weighted by Crippen LogP contribution is -2.54. The van der Waals surface area contributed by atoms with Crippen LogP contribution in [0.15, 0.2) is 18.2 Å². The number of carbonyl (C=O) groups is 4. The van der Waals surface area contributed by atoms with Crippen LogP contribution in [0.3, 0.4) is 0 Å². The summed E-state index contributed by atoms with van der Waals surface area (Å²) in [6.07, 6.45) is 0.261. The number of likely N-dealkylation sites (N-methyl/N-ethyl adjacent to an activating group) is 1. The predicted octanol–water partition coefficient (Wildman–Crippen LogP) is -0.133. The van der Waals surface area contributed by atoms with E-state index < -0.39 is 23.8 Å². The number of piperidine rings is 1. The molecule has 8 nitrogen and oxygen atoms in total. The van der Waals surface area contributed by atoms with Gasteiger partial charge in [0.15, 0.2) is 0 Å². The zero-order valence-corrected chi connectivity index (χ0v) is 14.8. The zero-order valence-electron chi connectivity index (χ0n) is 14.8. The molecule has 26 heavy (non-hydrogen) atoms. The summed E-state index contributed by atoms with van der Waals surface area (Å²) in [6.45, 7) is 3.21. The lowest BCUT2D eigenvalue weighted by Gasteiger charge is -2.27. The molecule has 8 heteroatoms. The van der Waals surface area contributed by atoms with Crippen LogP contribution in [-0.4, -0.2) is 59.1 Å². The lowest BCUT2D eigenvalue weighted by molar-refractivity contribution is -0.136. The summed E-state index contributed by atoms with van der Waals surface area (Å²) in [5, 5.41) is 2.19. The number of imide groups is 2. The minimum atomic E-state index is -0.940. The van der Waals surface area contributed by atoms with Gasteiger partial charge in [0.25, 0.3) is 11.8 Å². The molecule has 3 rings (SSSR count). The quantitative estimate of drug-likeness (QED) is 0.709. The van der Waals surface area contributed by atoms with E-state index in [-0.39, 0.29) is 24.8 Å². The van der Waals surface area contributed by atoms with Crippen molar-refractivity contribution >= 4 is 23.6 Å². The molecule has 1 aromatic carbocycles. The number of carbonyl (C=O) groups excluding carboxylic acids is 4. The fraction of sp³-hybridized carbons (Fsp3) is 0.444. The minimum absolute atomic E-state index is 0.0284. The minimum Gasteiger partial charge on any atom is -0.327 e. The van der Waals surface area contributed by atoms with Gasteiger partial charge >= 0.3 is 0 Å². The highest BCUT2D eigenvalue weighted by molar-refractivity contribution is 6.23. The van der Waals surface area contributed by atoms with E-state index >= 15 is 0 Å². The van der Waals surface area contributed by atoms with E-state index in [2.05, 4.69) is 5.32 Å². The van der Waals surface area contributed by atoms with Gasteiger partial charge < -0.3 is 10.6 Å². The van der Waals surface area contributed by atoms with Crippen molar-refractivity contribution in [2.24, 2.45) is 5.73 Å². The molecule has 0 spiro atoms. The molecule has 0 bridgehead atoms. The van der Waals surface area contributed by atoms with Gasteiger partial charge in [-0.2, -0.15) is 0 Å². The van der Waals surface area contributed by atoms with Crippen LogP contribution in [0.1, 0.15) is 46.0 Å². The monoisotopic (exact) mass is 358 g/mol. The van der Waals surface area contributed by atoms with Gasteiger partial charge in [-0.1, -0.05) is 6.07 Å². The van der Waals surface area contributed by atoms with Gasteiger partial charge in [0.2, 0.25) is 11.8 Å². The second-order valence-electron chi connectivity index (χ2n) is 7.00. The predicted molar refractivity (Wildman–Crippen MR) is 93.1 cm³/mol. The van der Waals surface area contributed by atoms with Gasteiger partial charge in [-0.05, 0) is 38.1 Å². The Hall–Kier alpha value is -2.58. The van der Waals surface area contributed by atoms with E-state index in [4.69, 9.17) is 5.73 Å². The fourth-order valence-corrected chi connectivity index (χ4v) is 3.48. The molecule has 0 radical (unpaired) electrons. The number of nitrogens with zero attached hydrogens (tertiary/aromatic N) is 2. The normalized spacial score (nSPS) is 21.2. The first-order valence-corrected chi connectivity index (χ1v) is 8.56. The van der Waals surface area contributed by atoms with Gasteiger partial charge in [-0.3, -0.25) is 29.4 Å². The SMILES string of the molecule is C[C@H](N)CN(C)Cc1ccc2c(c1)C(=O)N(C1CCC(=O)NC1=O)C2=O. The molecule has 2 aliphatic heterocycles. The van der Waals surface area contributed by atoms with Crippen molar-refractivity contribution in [3.8, 4) is 0 Å². The van der Waals surface area contributed by atoms with Gasteiger partial charge in [0, 0.05) is 25.6 Å².